The lowest BCUT2D eigenvalue weighted by atomic mass is 9.76. The van der Waals surface area contributed by atoms with E-state index in [2.05, 4.69) is 61.1 Å². The van der Waals surface area contributed by atoms with E-state index in [0.717, 1.165) is 30.7 Å². The van der Waals surface area contributed by atoms with Crippen molar-refractivity contribution < 1.29 is 4.79 Å². The van der Waals surface area contributed by atoms with Gasteiger partial charge in [0.2, 0.25) is 5.91 Å². The van der Waals surface area contributed by atoms with Gasteiger partial charge in [-0.3, -0.25) is 9.89 Å². The molecule has 0 radical (unpaired) electrons. The number of fused-ring (bicyclic) bond motifs is 2. The monoisotopic (exact) mass is 380 g/mol. The first-order chi connectivity index (χ1) is 13.2. The van der Waals surface area contributed by atoms with Gasteiger partial charge in [-0.15, -0.1) is 0 Å². The van der Waals surface area contributed by atoms with Crippen molar-refractivity contribution in [2.45, 2.75) is 65.8 Å². The number of hydrogen-bond acceptors (Lipinski definition) is 2. The fraction of sp³-hybridized carbons (Fsp3) is 0.565. The molecule has 1 atom stereocenters. The largest absolute Gasteiger partial charge is 0.356 e. The van der Waals surface area contributed by atoms with Crippen molar-refractivity contribution in [3.05, 3.63) is 34.7 Å². The number of carbonyl (C=O) groups excluding carboxylic acids is 1. The van der Waals surface area contributed by atoms with Gasteiger partial charge in [0.1, 0.15) is 5.69 Å². The standard InChI is InChI=1S/C23H32N4O/c1-14(2)10-21(28)27(5)16-7-6-15-11-19(24-18(15)12-16)22-17-8-9-23(3,4)13-20(17)25-26-22/h6-7,11,14,16,24H,8-10,12-13H2,1-5H3,(H,25,26). The number of carbonyl (C=O) groups is 1. The maximum atomic E-state index is 12.4. The second-order valence-electron chi connectivity index (χ2n) is 9.72. The highest BCUT2D eigenvalue weighted by molar-refractivity contribution is 5.77. The van der Waals surface area contributed by atoms with Crippen LogP contribution >= 0.6 is 0 Å². The third-order valence-electron chi connectivity index (χ3n) is 6.23. The average Bonchev–Trinajstić information content (AvgIpc) is 3.21. The number of amides is 1. The van der Waals surface area contributed by atoms with Crippen molar-refractivity contribution in [1.29, 1.82) is 0 Å². The van der Waals surface area contributed by atoms with E-state index in [-0.39, 0.29) is 11.9 Å². The molecule has 1 amide bonds. The Balaban J connectivity index is 1.54. The van der Waals surface area contributed by atoms with Gasteiger partial charge in [0, 0.05) is 36.8 Å². The van der Waals surface area contributed by atoms with E-state index in [0.29, 0.717) is 17.8 Å². The van der Waals surface area contributed by atoms with E-state index in [4.69, 9.17) is 0 Å². The molecule has 150 valence electrons. The molecule has 28 heavy (non-hydrogen) atoms. The second-order valence-corrected chi connectivity index (χ2v) is 9.72. The van der Waals surface area contributed by atoms with Crippen LogP contribution in [0.2, 0.25) is 0 Å². The van der Waals surface area contributed by atoms with Crippen LogP contribution in [0, 0.1) is 11.3 Å². The summed E-state index contributed by atoms with van der Waals surface area (Å²) in [6.45, 7) is 8.82. The van der Waals surface area contributed by atoms with Crippen molar-refractivity contribution in [2.75, 3.05) is 7.05 Å². The molecular weight excluding hydrogens is 348 g/mol. The van der Waals surface area contributed by atoms with Crippen LogP contribution in [0.15, 0.2) is 12.1 Å². The zero-order valence-corrected chi connectivity index (χ0v) is 17.7. The molecular formula is C23H32N4O. The fourth-order valence-corrected chi connectivity index (χ4v) is 4.46. The zero-order valence-electron chi connectivity index (χ0n) is 17.7. The van der Waals surface area contributed by atoms with Gasteiger partial charge in [0.25, 0.3) is 0 Å². The van der Waals surface area contributed by atoms with Crippen LogP contribution < -0.4 is 0 Å². The van der Waals surface area contributed by atoms with Crippen LogP contribution in [0.5, 0.6) is 0 Å². The normalized spacial score (nSPS) is 20.1. The predicted molar refractivity (Wildman–Crippen MR) is 113 cm³/mol. The molecule has 0 saturated carbocycles. The van der Waals surface area contributed by atoms with Gasteiger partial charge in [-0.2, -0.15) is 5.10 Å². The summed E-state index contributed by atoms with van der Waals surface area (Å²) in [5.74, 6) is 0.592. The van der Waals surface area contributed by atoms with Gasteiger partial charge in [0.05, 0.1) is 11.7 Å². The van der Waals surface area contributed by atoms with E-state index >= 15 is 0 Å². The van der Waals surface area contributed by atoms with Gasteiger partial charge < -0.3 is 9.88 Å². The molecule has 2 aromatic rings. The molecule has 5 nitrogen and oxygen atoms in total. The lowest BCUT2D eigenvalue weighted by Gasteiger charge is -2.29. The van der Waals surface area contributed by atoms with Crippen molar-refractivity contribution >= 4 is 12.0 Å². The fourth-order valence-electron chi connectivity index (χ4n) is 4.46. The molecule has 5 heteroatoms. The van der Waals surface area contributed by atoms with E-state index in [1.165, 1.54) is 28.9 Å². The number of nitrogens with one attached hydrogen (secondary N) is 2. The third-order valence-corrected chi connectivity index (χ3v) is 6.23. The number of nitrogens with zero attached hydrogens (tertiary/aromatic N) is 2. The Morgan fingerprint density at radius 1 is 1.36 bits per heavy atom. The Kier molecular flexibility index (Phi) is 4.72. The summed E-state index contributed by atoms with van der Waals surface area (Å²) in [7, 11) is 1.92. The van der Waals surface area contributed by atoms with Crippen LogP contribution in [-0.2, 0) is 24.1 Å². The minimum atomic E-state index is 0.110. The number of aromatic nitrogens is 3. The average molecular weight is 381 g/mol. The summed E-state index contributed by atoms with van der Waals surface area (Å²) < 4.78 is 0. The minimum Gasteiger partial charge on any atom is -0.356 e. The highest BCUT2D eigenvalue weighted by Gasteiger charge is 2.30. The van der Waals surface area contributed by atoms with E-state index < -0.39 is 0 Å². The Hall–Kier alpha value is -2.30. The first kappa shape index (κ1) is 19.0. The molecule has 0 spiro atoms. The predicted octanol–water partition coefficient (Wildman–Crippen LogP) is 4.36. The minimum absolute atomic E-state index is 0.110. The van der Waals surface area contributed by atoms with Crippen LogP contribution in [0.1, 0.15) is 63.1 Å². The van der Waals surface area contributed by atoms with Crippen molar-refractivity contribution in [3.8, 4) is 11.4 Å². The van der Waals surface area contributed by atoms with Gasteiger partial charge in [0.15, 0.2) is 0 Å². The first-order valence-electron chi connectivity index (χ1n) is 10.5. The topological polar surface area (TPSA) is 64.8 Å². The highest BCUT2D eigenvalue weighted by atomic mass is 16.2. The number of H-pyrrole nitrogens is 2. The van der Waals surface area contributed by atoms with Gasteiger partial charge in [-0.1, -0.05) is 39.8 Å². The Labute approximate surface area is 167 Å². The SMILES string of the molecule is CC(C)CC(=O)N(C)C1C=Cc2cc(-c3n[nH]c4c3CCC(C)(C)C4)[nH]c2C1. The lowest BCUT2D eigenvalue weighted by molar-refractivity contribution is -0.131. The number of aromatic amines is 2. The van der Waals surface area contributed by atoms with Crippen LogP contribution in [0.4, 0.5) is 0 Å². The molecule has 0 fully saturated rings. The maximum Gasteiger partial charge on any atom is 0.223 e. The van der Waals surface area contributed by atoms with Crippen LogP contribution in [0.25, 0.3) is 17.5 Å². The smallest absolute Gasteiger partial charge is 0.223 e. The van der Waals surface area contributed by atoms with Gasteiger partial charge >= 0.3 is 0 Å². The van der Waals surface area contributed by atoms with Crippen LogP contribution in [0.3, 0.4) is 0 Å². The second kappa shape index (κ2) is 6.94. The number of likely N-dealkylation sites (N-methyl/N-ethyl adjacent to an activating group) is 1. The van der Waals surface area contributed by atoms with Crippen molar-refractivity contribution in [3.63, 3.8) is 0 Å². The molecule has 0 aromatic carbocycles. The summed E-state index contributed by atoms with van der Waals surface area (Å²) in [5.41, 5.74) is 7.55. The van der Waals surface area contributed by atoms with Gasteiger partial charge in [-0.25, -0.2) is 0 Å². The lowest BCUT2D eigenvalue weighted by Crippen LogP contribution is -2.38. The summed E-state index contributed by atoms with van der Waals surface area (Å²) >= 11 is 0. The van der Waals surface area contributed by atoms with E-state index in [9.17, 15) is 4.79 Å². The highest BCUT2D eigenvalue weighted by Crippen LogP contribution is 2.38. The quantitative estimate of drug-likeness (QED) is 0.827. The molecule has 2 aliphatic carbocycles. The Morgan fingerprint density at radius 3 is 2.89 bits per heavy atom. The van der Waals surface area contributed by atoms with E-state index in [1.54, 1.807) is 0 Å². The van der Waals surface area contributed by atoms with Crippen LogP contribution in [-0.4, -0.2) is 39.1 Å². The Morgan fingerprint density at radius 2 is 2.14 bits per heavy atom. The first-order valence-corrected chi connectivity index (χ1v) is 10.5. The summed E-state index contributed by atoms with van der Waals surface area (Å²) in [4.78, 5) is 17.9. The molecule has 0 saturated heterocycles. The Bertz CT molecular complexity index is 915. The summed E-state index contributed by atoms with van der Waals surface area (Å²) in [6, 6.07) is 2.31. The maximum absolute atomic E-state index is 12.4. The third kappa shape index (κ3) is 3.54. The zero-order chi connectivity index (χ0) is 20.1. The molecule has 2 heterocycles. The molecule has 0 bridgehead atoms. The molecule has 1 unspecified atom stereocenters. The summed E-state index contributed by atoms with van der Waals surface area (Å²) in [6.07, 6.45) is 9.04. The molecule has 2 aliphatic rings. The molecule has 2 N–H and O–H groups in total. The van der Waals surface area contributed by atoms with Crippen molar-refractivity contribution in [1.82, 2.24) is 20.1 Å². The molecule has 2 aromatic heterocycles. The van der Waals surface area contributed by atoms with E-state index in [1.807, 2.05) is 11.9 Å². The molecule has 4 rings (SSSR count). The molecule has 0 aliphatic heterocycles. The van der Waals surface area contributed by atoms with Crippen molar-refractivity contribution in [2.24, 2.45) is 11.3 Å². The summed E-state index contributed by atoms with van der Waals surface area (Å²) in [5, 5.41) is 7.93. The van der Waals surface area contributed by atoms with Gasteiger partial charge in [-0.05, 0) is 42.2 Å². The number of hydrogen-bond donors (Lipinski definition) is 2. The number of rotatable bonds is 4.